The fourth-order valence-electron chi connectivity index (χ4n) is 5.05. The molecule has 0 unspecified atom stereocenters. The van der Waals surface area contributed by atoms with Crippen LogP contribution in [0.15, 0.2) is 47.3 Å². The van der Waals surface area contributed by atoms with Gasteiger partial charge in [-0.1, -0.05) is 11.6 Å². The molecule has 2 aromatic heterocycles. The van der Waals surface area contributed by atoms with Gasteiger partial charge in [-0.25, -0.2) is 8.78 Å². The largest absolute Gasteiger partial charge is 0.453 e. The summed E-state index contributed by atoms with van der Waals surface area (Å²) >= 11 is 6.20. The molecular weight excluding hydrogens is 559 g/mol. The second-order valence-electron chi connectivity index (χ2n) is 9.29. The van der Waals surface area contributed by atoms with Crippen LogP contribution in [0.25, 0.3) is 16.3 Å². The maximum atomic E-state index is 14.1. The van der Waals surface area contributed by atoms with Crippen molar-refractivity contribution in [1.82, 2.24) is 9.61 Å². The van der Waals surface area contributed by atoms with E-state index in [1.807, 2.05) is 0 Å². The Balaban J connectivity index is 1.58. The zero-order valence-corrected chi connectivity index (χ0v) is 20.9. The molecule has 1 amide bonds. The van der Waals surface area contributed by atoms with E-state index in [4.69, 9.17) is 22.1 Å². The number of amides is 1. The van der Waals surface area contributed by atoms with E-state index in [0.717, 1.165) is 16.6 Å². The van der Waals surface area contributed by atoms with E-state index in [1.54, 1.807) is 0 Å². The van der Waals surface area contributed by atoms with Crippen LogP contribution < -0.4 is 21.3 Å². The number of rotatable bonds is 4. The molecule has 40 heavy (non-hydrogen) atoms. The third-order valence-electron chi connectivity index (χ3n) is 6.76. The third kappa shape index (κ3) is 4.15. The van der Waals surface area contributed by atoms with E-state index < -0.39 is 34.8 Å². The molecule has 0 fully saturated rings. The Morgan fingerprint density at radius 2 is 1.80 bits per heavy atom. The molecule has 0 bridgehead atoms. The number of carbonyl (C=O) groups excluding carboxylic acids is 1. The zero-order valence-electron chi connectivity index (χ0n) is 20.1. The average Bonchev–Trinajstić information content (AvgIpc) is 3.51. The van der Waals surface area contributed by atoms with Crippen LogP contribution in [0.1, 0.15) is 33.5 Å². The summed E-state index contributed by atoms with van der Waals surface area (Å²) in [5, 5.41) is 7.23. The van der Waals surface area contributed by atoms with Gasteiger partial charge in [0.2, 0.25) is 0 Å². The lowest BCUT2D eigenvalue weighted by molar-refractivity contribution is -0.137. The first-order valence-electron chi connectivity index (χ1n) is 11.9. The number of anilines is 2. The second kappa shape index (κ2) is 9.05. The Morgan fingerprint density at radius 3 is 2.55 bits per heavy atom. The molecule has 13 heteroatoms. The Hall–Kier alpha value is -4.45. The number of pyridine rings is 1. The number of hydrogen-bond acceptors (Lipinski definition) is 5. The molecule has 0 saturated heterocycles. The predicted molar refractivity (Wildman–Crippen MR) is 137 cm³/mol. The van der Waals surface area contributed by atoms with Crippen LogP contribution in [0.5, 0.6) is 11.5 Å². The molecule has 0 atom stereocenters. The minimum Gasteiger partial charge on any atom is -0.453 e. The summed E-state index contributed by atoms with van der Waals surface area (Å²) in [6.07, 6.45) is -3.16. The van der Waals surface area contributed by atoms with Crippen LogP contribution >= 0.6 is 11.6 Å². The zero-order chi connectivity index (χ0) is 28.5. The number of nitrogens with two attached hydrogens (primary N) is 1. The van der Waals surface area contributed by atoms with Crippen molar-refractivity contribution in [1.29, 1.82) is 0 Å². The number of benzene rings is 3. The van der Waals surface area contributed by atoms with Gasteiger partial charge in [0.1, 0.15) is 17.4 Å². The molecule has 3 N–H and O–H groups in total. The Morgan fingerprint density at radius 1 is 1.05 bits per heavy atom. The fourth-order valence-corrected chi connectivity index (χ4v) is 5.20. The van der Waals surface area contributed by atoms with E-state index in [0.29, 0.717) is 47.9 Å². The molecular formula is C27H16ClF5N4O3. The molecule has 0 aliphatic heterocycles. The number of halogens is 6. The molecule has 1 aliphatic carbocycles. The van der Waals surface area contributed by atoms with Crippen LogP contribution in [-0.2, 0) is 19.0 Å². The lowest BCUT2D eigenvalue weighted by Crippen LogP contribution is -2.19. The first-order chi connectivity index (χ1) is 18.9. The van der Waals surface area contributed by atoms with E-state index in [-0.39, 0.29) is 50.6 Å². The molecule has 2 heterocycles. The van der Waals surface area contributed by atoms with Gasteiger partial charge in [0.15, 0.2) is 11.6 Å². The van der Waals surface area contributed by atoms with Gasteiger partial charge >= 0.3 is 6.18 Å². The van der Waals surface area contributed by atoms with Gasteiger partial charge < -0.3 is 15.8 Å². The van der Waals surface area contributed by atoms with Gasteiger partial charge in [0.05, 0.1) is 27.2 Å². The molecule has 0 spiro atoms. The Bertz CT molecular complexity index is 1920. The Kier molecular flexibility index (Phi) is 5.84. The van der Waals surface area contributed by atoms with E-state index in [1.165, 1.54) is 12.1 Å². The SMILES string of the molecule is Nc1nn2c(=O)c3c(c4cc(NC(=O)c5cc(F)cc(C(F)(F)F)c5)c(Oc5cc(F)ccc5Cl)c1c42)CCC3. The number of alkyl halides is 3. The van der Waals surface area contributed by atoms with Crippen molar-refractivity contribution in [3.63, 3.8) is 0 Å². The quantitative estimate of drug-likeness (QED) is 0.244. The standard InChI is InChI=1S/C27H16ClF5N4O3/c28-18-5-4-13(29)9-20(18)40-23-19(35-25(38)11-6-12(27(31,32)33)8-14(30)7-11)10-17-15-2-1-3-16(15)26(39)37-22(17)21(23)24(34)36-37/h4-10H,1-3H2,(H2,34,36)(H,35,38). The minimum atomic E-state index is -4.90. The van der Waals surface area contributed by atoms with Crippen molar-refractivity contribution in [3.05, 3.63) is 91.7 Å². The number of ether oxygens (including phenoxy) is 1. The van der Waals surface area contributed by atoms with Crippen molar-refractivity contribution in [2.45, 2.75) is 25.4 Å². The van der Waals surface area contributed by atoms with Gasteiger partial charge in [-0.3, -0.25) is 9.59 Å². The van der Waals surface area contributed by atoms with Gasteiger partial charge in [-0.15, -0.1) is 5.10 Å². The van der Waals surface area contributed by atoms with Crippen LogP contribution in [0.2, 0.25) is 5.02 Å². The summed E-state index contributed by atoms with van der Waals surface area (Å²) < 4.78 is 75.0. The molecule has 6 rings (SSSR count). The summed E-state index contributed by atoms with van der Waals surface area (Å²) in [5.74, 6) is -3.57. The van der Waals surface area contributed by atoms with Crippen LogP contribution in [0, 0.1) is 11.6 Å². The van der Waals surface area contributed by atoms with E-state index in [2.05, 4.69) is 10.4 Å². The lowest BCUT2D eigenvalue weighted by atomic mass is 10.0. The summed E-state index contributed by atoms with van der Waals surface area (Å²) in [4.78, 5) is 26.3. The van der Waals surface area contributed by atoms with E-state index >= 15 is 0 Å². The number of aryl methyl sites for hydroxylation is 1. The van der Waals surface area contributed by atoms with Crippen molar-refractivity contribution in [2.75, 3.05) is 11.1 Å². The average molecular weight is 575 g/mol. The van der Waals surface area contributed by atoms with Gasteiger partial charge in [-0.2, -0.15) is 17.7 Å². The Labute approximate surface area is 226 Å². The van der Waals surface area contributed by atoms with Crippen molar-refractivity contribution < 1.29 is 31.5 Å². The number of carbonyl (C=O) groups is 1. The number of nitrogens with one attached hydrogen (secondary N) is 1. The van der Waals surface area contributed by atoms with E-state index in [9.17, 15) is 31.5 Å². The van der Waals surface area contributed by atoms with Crippen LogP contribution in [0.3, 0.4) is 0 Å². The highest BCUT2D eigenvalue weighted by Crippen LogP contribution is 2.45. The third-order valence-corrected chi connectivity index (χ3v) is 7.07. The van der Waals surface area contributed by atoms with Gasteiger partial charge in [-0.05, 0) is 61.2 Å². The smallest absolute Gasteiger partial charge is 0.416 e. The minimum absolute atomic E-state index is 0.00854. The number of hydrogen-bond donors (Lipinski definition) is 2. The normalized spacial score (nSPS) is 13.2. The number of aromatic nitrogens is 2. The van der Waals surface area contributed by atoms with Gasteiger partial charge in [0.25, 0.3) is 11.5 Å². The number of nitrogens with zero attached hydrogens (tertiary/aromatic N) is 2. The highest BCUT2D eigenvalue weighted by molar-refractivity contribution is 6.32. The number of fused-ring (bicyclic) bond motifs is 2. The molecule has 0 radical (unpaired) electrons. The maximum absolute atomic E-state index is 14.1. The second-order valence-corrected chi connectivity index (χ2v) is 9.70. The summed E-state index contributed by atoms with van der Waals surface area (Å²) in [6.45, 7) is 0. The van der Waals surface area contributed by atoms with Crippen molar-refractivity contribution in [2.24, 2.45) is 0 Å². The van der Waals surface area contributed by atoms with Crippen molar-refractivity contribution >= 4 is 45.3 Å². The molecule has 204 valence electrons. The monoisotopic (exact) mass is 574 g/mol. The summed E-state index contributed by atoms with van der Waals surface area (Å²) in [7, 11) is 0. The summed E-state index contributed by atoms with van der Waals surface area (Å²) in [5.41, 5.74) is 5.30. The first-order valence-corrected chi connectivity index (χ1v) is 12.2. The molecule has 3 aromatic carbocycles. The van der Waals surface area contributed by atoms with Crippen LogP contribution in [-0.4, -0.2) is 15.5 Å². The maximum Gasteiger partial charge on any atom is 0.416 e. The molecule has 0 saturated carbocycles. The topological polar surface area (TPSA) is 98.7 Å². The van der Waals surface area contributed by atoms with Crippen LogP contribution in [0.4, 0.5) is 33.5 Å². The van der Waals surface area contributed by atoms with Gasteiger partial charge in [0, 0.05) is 22.6 Å². The molecule has 1 aliphatic rings. The lowest BCUT2D eigenvalue weighted by Gasteiger charge is -2.17. The molecule has 5 aromatic rings. The summed E-state index contributed by atoms with van der Waals surface area (Å²) in [6, 6.07) is 6.20. The highest BCUT2D eigenvalue weighted by Gasteiger charge is 2.33. The number of nitrogen functional groups attached to an aromatic ring is 1. The fraction of sp³-hybridized carbons (Fsp3) is 0.148. The highest BCUT2D eigenvalue weighted by atomic mass is 35.5. The molecule has 7 nitrogen and oxygen atoms in total. The van der Waals surface area contributed by atoms with Crippen molar-refractivity contribution in [3.8, 4) is 11.5 Å². The predicted octanol–water partition coefficient (Wildman–Crippen LogP) is 6.35. The first kappa shape index (κ1) is 25.8.